The van der Waals surface area contributed by atoms with Gasteiger partial charge in [-0.25, -0.2) is 4.98 Å². The molecule has 0 radical (unpaired) electrons. The lowest BCUT2D eigenvalue weighted by Gasteiger charge is -2.42. The van der Waals surface area contributed by atoms with Gasteiger partial charge in [-0.05, 0) is 151 Å². The number of hydrogen-bond acceptors (Lipinski definition) is 4. The largest absolute Gasteiger partial charge is 0.457 e. The lowest BCUT2D eigenvalue weighted by Crippen LogP contribution is -2.33. The van der Waals surface area contributed by atoms with E-state index in [1.807, 2.05) is 87.5 Å². The molecule has 9 aromatic carbocycles. The Balaban J connectivity index is 0.968. The van der Waals surface area contributed by atoms with E-state index in [4.69, 9.17) is 19.3 Å². The molecule has 5 heteroatoms. The summed E-state index contributed by atoms with van der Waals surface area (Å²) in [5, 5.41) is 0.770. The van der Waals surface area contributed by atoms with Crippen LogP contribution in [0.15, 0.2) is 218 Å². The quantitative estimate of drug-likeness (QED) is 0.144. The molecule has 13 rings (SSSR count). The third-order valence-corrected chi connectivity index (χ3v) is 16.5. The first kappa shape index (κ1) is 38.8. The number of para-hydroxylation sites is 3. The van der Waals surface area contributed by atoms with E-state index < -0.39 is 41.0 Å². The maximum absolute atomic E-state index is 10.2. The molecule has 0 saturated heterocycles. The van der Waals surface area contributed by atoms with Gasteiger partial charge in [-0.2, -0.15) is 0 Å². The number of hydrogen-bond donors (Lipinski definition) is 0. The number of nitrogens with zero attached hydrogens (tertiary/aromatic N) is 4. The summed E-state index contributed by atoms with van der Waals surface area (Å²) in [5.41, 5.74) is 10.7. The number of rotatable bonds is 9. The highest BCUT2D eigenvalue weighted by molar-refractivity contribution is 6.09. The summed E-state index contributed by atoms with van der Waals surface area (Å²) in [6.45, 7) is 21.8. The fraction of sp³-hybridized carbons (Fsp3) is 0.224. The van der Waals surface area contributed by atoms with Crippen LogP contribution in [0.5, 0.6) is 11.5 Å². The van der Waals surface area contributed by atoms with Crippen LogP contribution in [-0.2, 0) is 21.7 Å². The van der Waals surface area contributed by atoms with E-state index in [-0.39, 0.29) is 99.2 Å². The average molecular weight is 1070 g/mol. The normalized spacial score (nSPS) is 17.0. The van der Waals surface area contributed by atoms with Crippen molar-refractivity contribution < 1.29 is 22.6 Å². The van der Waals surface area contributed by atoms with Gasteiger partial charge < -0.3 is 14.5 Å². The van der Waals surface area contributed by atoms with Gasteiger partial charge in [0.05, 0.1) is 45.9 Å². The molecule has 402 valence electrons. The Hall–Kier alpha value is -8.67. The molecule has 0 unspecified atom stereocenters. The van der Waals surface area contributed by atoms with Gasteiger partial charge in [0, 0.05) is 51.5 Å². The molecule has 0 spiro atoms. The van der Waals surface area contributed by atoms with Crippen molar-refractivity contribution in [3.05, 3.63) is 240 Å². The van der Waals surface area contributed by atoms with E-state index in [0.29, 0.717) is 44.7 Å². The van der Waals surface area contributed by atoms with E-state index in [9.17, 15) is 8.22 Å². The van der Waals surface area contributed by atoms with Crippen molar-refractivity contribution in [2.75, 3.05) is 16.5 Å². The van der Waals surface area contributed by atoms with Crippen LogP contribution < -0.4 is 14.5 Å². The molecule has 3 heterocycles. The highest BCUT2D eigenvalue weighted by Gasteiger charge is 2.38. The summed E-state index contributed by atoms with van der Waals surface area (Å²) in [7, 11) is 0. The molecule has 0 saturated carbocycles. The summed E-state index contributed by atoms with van der Waals surface area (Å²) in [4.78, 5) is 9.33. The zero-order valence-electron chi connectivity index (χ0n) is 60.6. The van der Waals surface area contributed by atoms with Crippen molar-refractivity contribution in [2.24, 2.45) is 0 Å². The molecular weight excluding hydrogens is 985 g/mol. The minimum atomic E-state index is -0.692. The van der Waals surface area contributed by atoms with E-state index in [0.717, 1.165) is 52.3 Å². The minimum Gasteiger partial charge on any atom is -0.457 e. The van der Waals surface area contributed by atoms with Crippen molar-refractivity contribution in [3.8, 4) is 61.8 Å². The van der Waals surface area contributed by atoms with E-state index in [1.54, 1.807) is 28.8 Å². The molecule has 0 amide bonds. The van der Waals surface area contributed by atoms with Crippen molar-refractivity contribution in [1.82, 2.24) is 9.55 Å². The Morgan fingerprint density at radius 3 is 1.91 bits per heavy atom. The molecule has 1 aliphatic heterocycles. The first-order chi connectivity index (χ1) is 44.3. The maximum Gasteiger partial charge on any atom is 0.137 e. The fourth-order valence-electron chi connectivity index (χ4n) is 12.0. The van der Waals surface area contributed by atoms with Crippen LogP contribution in [0.4, 0.5) is 22.7 Å². The zero-order chi connectivity index (χ0) is 67.3. The van der Waals surface area contributed by atoms with Crippen LogP contribution in [0.1, 0.15) is 122 Å². The van der Waals surface area contributed by atoms with Gasteiger partial charge in [-0.15, -0.1) is 0 Å². The van der Waals surface area contributed by atoms with Crippen molar-refractivity contribution in [3.63, 3.8) is 0 Å². The molecule has 2 aromatic heterocycles. The van der Waals surface area contributed by atoms with Crippen molar-refractivity contribution >= 4 is 44.6 Å². The Bertz CT molecular complexity index is 4980. The van der Waals surface area contributed by atoms with Crippen molar-refractivity contribution in [2.45, 2.75) is 104 Å². The predicted octanol–water partition coefficient (Wildman–Crippen LogP) is 20.8. The molecule has 0 N–H and O–H groups in total. The highest BCUT2D eigenvalue weighted by Crippen LogP contribution is 2.54. The first-order valence-corrected chi connectivity index (χ1v) is 27.9. The number of fused-ring (bicyclic) bond motifs is 5. The van der Waals surface area contributed by atoms with Crippen molar-refractivity contribution in [1.29, 1.82) is 0 Å². The van der Waals surface area contributed by atoms with Crippen LogP contribution in [0, 0.1) is 0 Å². The van der Waals surface area contributed by atoms with Gasteiger partial charge in [-0.3, -0.25) is 4.57 Å². The summed E-state index contributed by atoms with van der Waals surface area (Å²) in [6.07, 6.45) is 3.53. The van der Waals surface area contributed by atoms with Gasteiger partial charge in [0.1, 0.15) is 24.0 Å². The molecule has 2 aliphatic rings. The fourth-order valence-corrected chi connectivity index (χ4v) is 12.0. The van der Waals surface area contributed by atoms with Crippen LogP contribution in [0.3, 0.4) is 0 Å². The maximum atomic E-state index is 10.2. The van der Waals surface area contributed by atoms with Gasteiger partial charge >= 0.3 is 0 Å². The van der Waals surface area contributed by atoms with Gasteiger partial charge in [0.2, 0.25) is 0 Å². The molecular formula is C76H72N4O. The summed E-state index contributed by atoms with van der Waals surface area (Å²) in [5.74, 6) is 1.11. The third kappa shape index (κ3) is 9.37. The number of aromatic nitrogens is 2. The number of benzene rings is 9. The van der Waals surface area contributed by atoms with Crippen LogP contribution in [-0.4, -0.2) is 16.2 Å². The van der Waals surface area contributed by atoms with E-state index in [2.05, 4.69) is 101 Å². The van der Waals surface area contributed by atoms with Gasteiger partial charge in [-0.1, -0.05) is 202 Å². The highest BCUT2D eigenvalue weighted by atomic mass is 16.5. The Morgan fingerprint density at radius 1 is 0.494 bits per heavy atom. The minimum absolute atomic E-state index is 0.00461. The summed E-state index contributed by atoms with van der Waals surface area (Å²) < 4.78 is 126. The smallest absolute Gasteiger partial charge is 0.137 e. The van der Waals surface area contributed by atoms with Crippen LogP contribution in [0.25, 0.3) is 72.1 Å². The summed E-state index contributed by atoms with van der Waals surface area (Å²) in [6, 6.07) is 39.2. The Morgan fingerprint density at radius 2 is 1.16 bits per heavy atom. The molecule has 81 heavy (non-hydrogen) atoms. The van der Waals surface area contributed by atoms with Crippen LogP contribution >= 0.6 is 0 Å². The molecule has 0 atom stereocenters. The lowest BCUT2D eigenvalue weighted by molar-refractivity contribution is 0.332. The second kappa shape index (κ2) is 19.6. The second-order valence-electron chi connectivity index (χ2n) is 25.0. The van der Waals surface area contributed by atoms with Gasteiger partial charge in [0.15, 0.2) is 0 Å². The third-order valence-electron chi connectivity index (χ3n) is 16.5. The molecule has 5 nitrogen and oxygen atoms in total. The van der Waals surface area contributed by atoms with Gasteiger partial charge in [0.25, 0.3) is 0 Å². The monoisotopic (exact) mass is 1070 g/mol. The first-order valence-electron chi connectivity index (χ1n) is 34.4. The zero-order valence-corrected chi connectivity index (χ0v) is 47.6. The average Bonchev–Trinajstić information content (AvgIpc) is 1.46. The standard InChI is InChI=1S/C76H72N4O/c1-73(2,3)55-43-61(53-28-21-27-52(41-53)50-23-13-11-14-24-50)72(62(44-55)54-35-38-64-66(42-54)76(9,10)40-39-75(64,7)8)79-49-78(68-33-19-20-34-69(68)79)56-29-22-30-57(45-56)81-58-36-37-60-59-31-17-18-32-67(59)80(70(60)46-58)71-47-65(74(4,5)6)63(48-77-71)51-25-15-12-16-26-51/h11-38,41-48H,39-40,49H2,1-10H3/i12D,15D,16D,17D,18D,21D,25D,26D,27D,28D,31D,32D,41D. The lowest BCUT2D eigenvalue weighted by atomic mass is 9.63. The molecule has 1 aliphatic carbocycles. The predicted molar refractivity (Wildman–Crippen MR) is 342 cm³/mol. The SMILES string of the molecule is [2H]c1c([2H])c([2H])c(-c2cnc(-n3c4cc(Oc5cccc(N6CN(c7c(-c8ccc9c(c8)C(C)(C)CCC9(C)C)cc(C(C)(C)C)cc7-c7c([2H])c([2H])c([2H])c(-c8ccccc8)c7[2H])c7ccccc76)c5)ccc4c4c([2H])c([2H])c([2H])c([2H])c43)cc2C(C)(C)C)c([2H])c1[2H]. The number of pyridine rings is 1. The summed E-state index contributed by atoms with van der Waals surface area (Å²) >= 11 is 0. The molecule has 0 bridgehead atoms. The molecule has 11 aromatic rings. The topological polar surface area (TPSA) is 33.5 Å². The number of anilines is 4. The van der Waals surface area contributed by atoms with E-state index in [1.165, 1.54) is 17.3 Å². The van der Waals surface area contributed by atoms with E-state index >= 15 is 0 Å². The molecule has 0 fully saturated rings. The van der Waals surface area contributed by atoms with Crippen LogP contribution in [0.2, 0.25) is 0 Å². The Labute approximate surface area is 497 Å². The number of ether oxygens (including phenoxy) is 1. The second-order valence-corrected chi connectivity index (χ2v) is 25.0. The Kier molecular flexibility index (Phi) is 9.38.